The predicted molar refractivity (Wildman–Crippen MR) is 133 cm³/mol. The molecule has 0 radical (unpaired) electrons. The predicted octanol–water partition coefficient (Wildman–Crippen LogP) is 3.71. The Morgan fingerprint density at radius 1 is 0.816 bits per heavy atom. The van der Waals surface area contributed by atoms with Crippen LogP contribution >= 0.6 is 0 Å². The van der Waals surface area contributed by atoms with Gasteiger partial charge in [-0.3, -0.25) is 14.4 Å². The number of benzene rings is 1. The van der Waals surface area contributed by atoms with Crippen molar-refractivity contribution in [1.29, 1.82) is 0 Å². The lowest BCUT2D eigenvalue weighted by Gasteiger charge is -2.58. The van der Waals surface area contributed by atoms with E-state index in [-0.39, 0.29) is 18.8 Å². The average Bonchev–Trinajstić information content (AvgIpc) is 2.83. The zero-order valence-electron chi connectivity index (χ0n) is 22.3. The molecule has 5 aliphatic rings. The third-order valence-corrected chi connectivity index (χ3v) is 8.28. The first kappa shape index (κ1) is 27.1. The van der Waals surface area contributed by atoms with Gasteiger partial charge in [0.1, 0.15) is 18.8 Å². The van der Waals surface area contributed by atoms with Gasteiger partial charge in [-0.2, -0.15) is 0 Å². The summed E-state index contributed by atoms with van der Waals surface area (Å²) in [7, 11) is 0. The van der Waals surface area contributed by atoms with Crippen molar-refractivity contribution in [3.63, 3.8) is 0 Å². The molecule has 208 valence electrons. The average molecular weight is 531 g/mol. The van der Waals surface area contributed by atoms with Crippen molar-refractivity contribution in [3.8, 4) is 0 Å². The Morgan fingerprint density at radius 3 is 1.95 bits per heavy atom. The molecule has 1 aliphatic heterocycles. The molecule has 1 heterocycles. The summed E-state index contributed by atoms with van der Waals surface area (Å²) in [6, 6.07) is 9.63. The van der Waals surface area contributed by atoms with E-state index < -0.39 is 48.6 Å². The number of ether oxygens (including phenoxy) is 6. The highest BCUT2D eigenvalue weighted by molar-refractivity contribution is 5.68. The molecular weight excluding hydrogens is 492 g/mol. The Labute approximate surface area is 223 Å². The van der Waals surface area contributed by atoms with Crippen molar-refractivity contribution in [3.05, 3.63) is 35.9 Å². The fraction of sp³-hybridized carbons (Fsp3) is 0.690. The fourth-order valence-electron chi connectivity index (χ4n) is 7.33. The first-order valence-electron chi connectivity index (χ1n) is 13.7. The standard InChI is InChI=1S/C29H38O9/c1-17(30)33-16-24-25(35-18(2)31)26(36-19(3)32)27(34-15-20-7-5-4-6-8-20)28(37-24)38-29-12-21-9-22(13-29)11-23(10-21)14-29/h4-8,21-28H,9-16H2,1-3H3/t21?,22?,23?,24-,25-,26+,27-,28+,29?/m1/s1. The van der Waals surface area contributed by atoms with Gasteiger partial charge in [0.05, 0.1) is 12.2 Å². The topological polar surface area (TPSA) is 107 Å². The van der Waals surface area contributed by atoms with Crippen LogP contribution in [0.4, 0.5) is 0 Å². The molecule has 0 aromatic heterocycles. The second-order valence-corrected chi connectivity index (χ2v) is 11.5. The van der Waals surface area contributed by atoms with E-state index in [0.717, 1.165) is 24.8 Å². The number of carbonyl (C=O) groups excluding carboxylic acids is 3. The summed E-state index contributed by atoms with van der Waals surface area (Å²) in [5.41, 5.74) is 0.586. The molecular formula is C29H38O9. The Morgan fingerprint density at radius 2 is 1.39 bits per heavy atom. The van der Waals surface area contributed by atoms with Gasteiger partial charge in [0.25, 0.3) is 0 Å². The van der Waals surface area contributed by atoms with Gasteiger partial charge in [-0.15, -0.1) is 0 Å². The zero-order valence-corrected chi connectivity index (χ0v) is 22.3. The van der Waals surface area contributed by atoms with E-state index in [9.17, 15) is 14.4 Å². The van der Waals surface area contributed by atoms with Gasteiger partial charge in [-0.05, 0) is 61.8 Å². The monoisotopic (exact) mass is 530 g/mol. The Bertz CT molecular complexity index is 973. The number of carbonyl (C=O) groups is 3. The van der Waals surface area contributed by atoms with Crippen LogP contribution in [0.25, 0.3) is 0 Å². The number of hydrogen-bond acceptors (Lipinski definition) is 9. The minimum Gasteiger partial charge on any atom is -0.463 e. The lowest BCUT2D eigenvalue weighted by Crippen LogP contribution is -2.65. The van der Waals surface area contributed by atoms with E-state index in [2.05, 4.69) is 0 Å². The molecule has 4 bridgehead atoms. The molecule has 5 fully saturated rings. The van der Waals surface area contributed by atoms with Crippen LogP contribution < -0.4 is 0 Å². The molecule has 0 N–H and O–H groups in total. The third-order valence-electron chi connectivity index (χ3n) is 8.28. The molecule has 6 rings (SSSR count). The summed E-state index contributed by atoms with van der Waals surface area (Å²) in [4.78, 5) is 36.0. The summed E-state index contributed by atoms with van der Waals surface area (Å²) in [5, 5.41) is 0. The van der Waals surface area contributed by atoms with Crippen LogP contribution in [0.2, 0.25) is 0 Å². The van der Waals surface area contributed by atoms with Crippen molar-refractivity contribution in [2.24, 2.45) is 17.8 Å². The first-order chi connectivity index (χ1) is 18.2. The number of hydrogen-bond donors (Lipinski definition) is 0. The molecule has 4 aliphatic carbocycles. The molecule has 0 amide bonds. The van der Waals surface area contributed by atoms with Crippen LogP contribution in [0.15, 0.2) is 30.3 Å². The van der Waals surface area contributed by atoms with E-state index in [1.807, 2.05) is 30.3 Å². The second-order valence-electron chi connectivity index (χ2n) is 11.5. The normalized spacial score (nSPS) is 37.4. The highest BCUT2D eigenvalue weighted by atomic mass is 16.7. The summed E-state index contributed by atoms with van der Waals surface area (Å²) < 4.78 is 36.3. The summed E-state index contributed by atoms with van der Waals surface area (Å²) in [6.45, 7) is 3.89. The van der Waals surface area contributed by atoms with Crippen molar-refractivity contribution in [2.45, 2.75) is 102 Å². The molecule has 9 heteroatoms. The highest BCUT2D eigenvalue weighted by Crippen LogP contribution is 2.57. The smallest absolute Gasteiger partial charge is 0.303 e. The van der Waals surface area contributed by atoms with Gasteiger partial charge >= 0.3 is 17.9 Å². The molecule has 4 saturated carbocycles. The van der Waals surface area contributed by atoms with Crippen molar-refractivity contribution in [2.75, 3.05) is 6.61 Å². The van der Waals surface area contributed by atoms with Gasteiger partial charge < -0.3 is 28.4 Å². The minimum absolute atomic E-state index is 0.183. The summed E-state index contributed by atoms with van der Waals surface area (Å²) >= 11 is 0. The van der Waals surface area contributed by atoms with E-state index >= 15 is 0 Å². The van der Waals surface area contributed by atoms with E-state index in [1.54, 1.807) is 0 Å². The molecule has 1 saturated heterocycles. The van der Waals surface area contributed by atoms with Crippen LogP contribution in [0.3, 0.4) is 0 Å². The molecule has 9 nitrogen and oxygen atoms in total. The summed E-state index contributed by atoms with van der Waals surface area (Å²) in [6.07, 6.45) is 1.89. The van der Waals surface area contributed by atoms with Crippen LogP contribution in [0, 0.1) is 17.8 Å². The molecule has 0 spiro atoms. The van der Waals surface area contributed by atoms with E-state index in [4.69, 9.17) is 28.4 Å². The number of rotatable bonds is 9. The van der Waals surface area contributed by atoms with Crippen LogP contribution in [0.5, 0.6) is 0 Å². The SMILES string of the molecule is CC(=O)OC[C@H]1O[C@@H](OC23CC4CC(CC(C4)C2)C3)[C@H](OCc2ccccc2)[C@@H](OC(C)=O)[C@@H]1OC(C)=O. The van der Waals surface area contributed by atoms with Gasteiger partial charge in [-0.1, -0.05) is 30.3 Å². The quantitative estimate of drug-likeness (QED) is 0.349. The molecule has 0 unspecified atom stereocenters. The lowest BCUT2D eigenvalue weighted by molar-refractivity contribution is -0.350. The van der Waals surface area contributed by atoms with Crippen LogP contribution in [-0.2, 0) is 49.4 Å². The summed E-state index contributed by atoms with van der Waals surface area (Å²) in [5.74, 6) is 0.295. The van der Waals surface area contributed by atoms with Crippen LogP contribution in [-0.4, -0.2) is 60.8 Å². The van der Waals surface area contributed by atoms with Crippen LogP contribution in [0.1, 0.15) is 64.9 Å². The van der Waals surface area contributed by atoms with Crippen molar-refractivity contribution >= 4 is 17.9 Å². The van der Waals surface area contributed by atoms with Gasteiger partial charge in [-0.25, -0.2) is 0 Å². The zero-order chi connectivity index (χ0) is 26.9. The molecule has 1 aromatic carbocycles. The van der Waals surface area contributed by atoms with Crippen molar-refractivity contribution < 1.29 is 42.8 Å². The van der Waals surface area contributed by atoms with Gasteiger partial charge in [0, 0.05) is 20.8 Å². The molecule has 5 atom stereocenters. The first-order valence-corrected chi connectivity index (χ1v) is 13.7. The second kappa shape index (κ2) is 11.3. The fourth-order valence-corrected chi connectivity index (χ4v) is 7.33. The van der Waals surface area contributed by atoms with Crippen molar-refractivity contribution in [1.82, 2.24) is 0 Å². The highest BCUT2D eigenvalue weighted by Gasteiger charge is 2.57. The maximum Gasteiger partial charge on any atom is 0.303 e. The van der Waals surface area contributed by atoms with Gasteiger partial charge in [0.15, 0.2) is 18.5 Å². The number of esters is 3. The largest absolute Gasteiger partial charge is 0.463 e. The Hall–Kier alpha value is -2.49. The van der Waals surface area contributed by atoms with E-state index in [0.29, 0.717) is 17.8 Å². The Kier molecular flexibility index (Phi) is 8.07. The maximum absolute atomic E-state index is 12.3. The van der Waals surface area contributed by atoms with Gasteiger partial charge in [0.2, 0.25) is 0 Å². The Balaban J connectivity index is 1.45. The third kappa shape index (κ3) is 6.21. The molecule has 1 aromatic rings. The lowest BCUT2D eigenvalue weighted by atomic mass is 9.54. The van der Waals surface area contributed by atoms with E-state index in [1.165, 1.54) is 40.0 Å². The molecule has 38 heavy (non-hydrogen) atoms. The minimum atomic E-state index is -1.05. The maximum atomic E-state index is 12.3.